The molecule has 0 unspecified atom stereocenters. The number of nitrogens with one attached hydrogen (secondary N) is 1. The Morgan fingerprint density at radius 2 is 2.27 bits per heavy atom. The van der Waals surface area contributed by atoms with Crippen LogP contribution in [0.3, 0.4) is 0 Å². The molecule has 0 aliphatic heterocycles. The van der Waals surface area contributed by atoms with Gasteiger partial charge < -0.3 is 10.4 Å². The SMILES string of the molecule is CC[C@H](CO)NCc1ccc(Br)cc1F. The van der Waals surface area contributed by atoms with Crippen LogP contribution >= 0.6 is 15.9 Å². The van der Waals surface area contributed by atoms with Gasteiger partial charge in [0.2, 0.25) is 0 Å². The van der Waals surface area contributed by atoms with Gasteiger partial charge in [-0.1, -0.05) is 28.9 Å². The molecule has 0 fully saturated rings. The fraction of sp³-hybridized carbons (Fsp3) is 0.455. The van der Waals surface area contributed by atoms with Crippen molar-refractivity contribution in [2.75, 3.05) is 6.61 Å². The molecule has 0 heterocycles. The highest BCUT2D eigenvalue weighted by atomic mass is 79.9. The standard InChI is InChI=1S/C11H15BrFNO/c1-2-10(7-15)14-6-8-3-4-9(12)5-11(8)13/h3-5,10,14-15H,2,6-7H2,1H3/t10-/m1/s1. The Labute approximate surface area is 97.6 Å². The lowest BCUT2D eigenvalue weighted by Crippen LogP contribution is -2.31. The van der Waals surface area contributed by atoms with Gasteiger partial charge in [0.15, 0.2) is 0 Å². The summed E-state index contributed by atoms with van der Waals surface area (Å²) in [5.74, 6) is -0.232. The Morgan fingerprint density at radius 3 is 2.80 bits per heavy atom. The molecular formula is C11H15BrFNO. The zero-order valence-corrected chi connectivity index (χ0v) is 10.2. The van der Waals surface area contributed by atoms with Crippen molar-refractivity contribution in [3.63, 3.8) is 0 Å². The van der Waals surface area contributed by atoms with Gasteiger partial charge in [-0.25, -0.2) is 4.39 Å². The predicted molar refractivity (Wildman–Crippen MR) is 62.1 cm³/mol. The zero-order chi connectivity index (χ0) is 11.3. The second-order valence-corrected chi connectivity index (χ2v) is 4.32. The third-order valence-corrected chi connectivity index (χ3v) is 2.80. The fourth-order valence-electron chi connectivity index (χ4n) is 1.26. The maximum atomic E-state index is 13.4. The number of halogens is 2. The average molecular weight is 276 g/mol. The van der Waals surface area contributed by atoms with Gasteiger partial charge in [0.25, 0.3) is 0 Å². The number of aliphatic hydroxyl groups excluding tert-OH is 1. The fourth-order valence-corrected chi connectivity index (χ4v) is 1.59. The molecule has 0 spiro atoms. The van der Waals surface area contributed by atoms with Gasteiger partial charge in [0.1, 0.15) is 5.82 Å². The number of hydrogen-bond acceptors (Lipinski definition) is 2. The van der Waals surface area contributed by atoms with Crippen LogP contribution in [0, 0.1) is 5.82 Å². The summed E-state index contributed by atoms with van der Waals surface area (Å²) >= 11 is 3.20. The van der Waals surface area contributed by atoms with E-state index in [1.807, 2.05) is 6.92 Å². The monoisotopic (exact) mass is 275 g/mol. The molecule has 0 radical (unpaired) electrons. The lowest BCUT2D eigenvalue weighted by Gasteiger charge is -2.14. The highest BCUT2D eigenvalue weighted by Crippen LogP contribution is 2.15. The molecular weight excluding hydrogens is 261 g/mol. The van der Waals surface area contributed by atoms with Crippen LogP contribution in [0.5, 0.6) is 0 Å². The first-order valence-corrected chi connectivity index (χ1v) is 5.74. The summed E-state index contributed by atoms with van der Waals surface area (Å²) in [6.07, 6.45) is 0.828. The van der Waals surface area contributed by atoms with Crippen molar-refractivity contribution in [3.05, 3.63) is 34.1 Å². The second-order valence-electron chi connectivity index (χ2n) is 3.40. The van der Waals surface area contributed by atoms with E-state index < -0.39 is 0 Å². The molecule has 1 rings (SSSR count). The number of hydrogen-bond donors (Lipinski definition) is 2. The summed E-state index contributed by atoms with van der Waals surface area (Å²) in [5.41, 5.74) is 0.616. The van der Waals surface area contributed by atoms with Crippen LogP contribution in [0.25, 0.3) is 0 Å². The molecule has 4 heteroatoms. The lowest BCUT2D eigenvalue weighted by molar-refractivity contribution is 0.238. The van der Waals surface area contributed by atoms with Gasteiger partial charge in [0.05, 0.1) is 6.61 Å². The molecule has 1 aromatic rings. The summed E-state index contributed by atoms with van der Waals surface area (Å²) in [5, 5.41) is 12.0. The second kappa shape index (κ2) is 6.20. The predicted octanol–water partition coefficient (Wildman–Crippen LogP) is 2.45. The van der Waals surface area contributed by atoms with Crippen molar-refractivity contribution in [2.24, 2.45) is 0 Å². The molecule has 2 N–H and O–H groups in total. The maximum absolute atomic E-state index is 13.4. The van der Waals surface area contributed by atoms with E-state index in [9.17, 15) is 4.39 Å². The molecule has 1 aromatic carbocycles. The first-order valence-electron chi connectivity index (χ1n) is 4.95. The Balaban J connectivity index is 2.57. The molecule has 84 valence electrons. The van der Waals surface area contributed by atoms with Crippen LogP contribution in [0.15, 0.2) is 22.7 Å². The van der Waals surface area contributed by atoms with E-state index in [2.05, 4.69) is 21.2 Å². The molecule has 15 heavy (non-hydrogen) atoms. The normalized spacial score (nSPS) is 12.8. The quantitative estimate of drug-likeness (QED) is 0.865. The number of aliphatic hydroxyl groups is 1. The van der Waals surface area contributed by atoms with Crippen molar-refractivity contribution in [2.45, 2.75) is 25.9 Å². The van der Waals surface area contributed by atoms with E-state index >= 15 is 0 Å². The Kier molecular flexibility index (Phi) is 5.22. The number of benzene rings is 1. The van der Waals surface area contributed by atoms with E-state index in [-0.39, 0.29) is 18.5 Å². The van der Waals surface area contributed by atoms with Crippen molar-refractivity contribution < 1.29 is 9.50 Å². The highest BCUT2D eigenvalue weighted by Gasteiger charge is 2.06. The lowest BCUT2D eigenvalue weighted by atomic mass is 10.2. The Bertz CT molecular complexity index is 315. The van der Waals surface area contributed by atoms with E-state index in [1.165, 1.54) is 6.07 Å². The van der Waals surface area contributed by atoms with Gasteiger partial charge >= 0.3 is 0 Å². The zero-order valence-electron chi connectivity index (χ0n) is 8.63. The molecule has 2 nitrogen and oxygen atoms in total. The van der Waals surface area contributed by atoms with Gasteiger partial charge in [-0.15, -0.1) is 0 Å². The van der Waals surface area contributed by atoms with Crippen LogP contribution in [-0.4, -0.2) is 17.8 Å². The van der Waals surface area contributed by atoms with E-state index in [1.54, 1.807) is 12.1 Å². The molecule has 0 aliphatic carbocycles. The van der Waals surface area contributed by atoms with E-state index in [0.29, 0.717) is 12.1 Å². The van der Waals surface area contributed by atoms with Gasteiger partial charge in [-0.05, 0) is 18.6 Å². The molecule has 0 aliphatic rings. The first-order chi connectivity index (χ1) is 7.17. The minimum absolute atomic E-state index is 0.0352. The molecule has 0 aromatic heterocycles. The van der Waals surface area contributed by atoms with Crippen LogP contribution in [0.1, 0.15) is 18.9 Å². The van der Waals surface area contributed by atoms with Gasteiger partial charge in [-0.3, -0.25) is 0 Å². The first kappa shape index (κ1) is 12.6. The third-order valence-electron chi connectivity index (χ3n) is 2.31. The van der Waals surface area contributed by atoms with Crippen LogP contribution in [-0.2, 0) is 6.54 Å². The Hall–Kier alpha value is -0.450. The summed E-state index contributed by atoms with van der Waals surface area (Å²) < 4.78 is 14.1. The van der Waals surface area contributed by atoms with Crippen LogP contribution < -0.4 is 5.32 Å². The van der Waals surface area contributed by atoms with Crippen LogP contribution in [0.4, 0.5) is 4.39 Å². The summed E-state index contributed by atoms with van der Waals surface area (Å²) in [6, 6.07) is 5.01. The molecule has 0 amide bonds. The summed E-state index contributed by atoms with van der Waals surface area (Å²) in [4.78, 5) is 0. The van der Waals surface area contributed by atoms with E-state index in [4.69, 9.17) is 5.11 Å². The maximum Gasteiger partial charge on any atom is 0.128 e. The summed E-state index contributed by atoms with van der Waals surface area (Å²) in [7, 11) is 0. The molecule has 0 saturated carbocycles. The topological polar surface area (TPSA) is 32.3 Å². The summed E-state index contributed by atoms with van der Waals surface area (Å²) in [6.45, 7) is 2.50. The minimum Gasteiger partial charge on any atom is -0.395 e. The largest absolute Gasteiger partial charge is 0.395 e. The van der Waals surface area contributed by atoms with Gasteiger partial charge in [0, 0.05) is 22.6 Å². The van der Waals surface area contributed by atoms with Crippen LogP contribution in [0.2, 0.25) is 0 Å². The third kappa shape index (κ3) is 3.89. The van der Waals surface area contributed by atoms with Crippen molar-refractivity contribution in [3.8, 4) is 0 Å². The minimum atomic E-state index is -0.232. The smallest absolute Gasteiger partial charge is 0.128 e. The highest BCUT2D eigenvalue weighted by molar-refractivity contribution is 9.10. The number of rotatable bonds is 5. The van der Waals surface area contributed by atoms with Gasteiger partial charge in [-0.2, -0.15) is 0 Å². The van der Waals surface area contributed by atoms with Crippen molar-refractivity contribution in [1.82, 2.24) is 5.32 Å². The molecule has 0 saturated heterocycles. The van der Waals surface area contributed by atoms with Crippen molar-refractivity contribution in [1.29, 1.82) is 0 Å². The van der Waals surface area contributed by atoms with Crippen molar-refractivity contribution >= 4 is 15.9 Å². The Morgan fingerprint density at radius 1 is 1.53 bits per heavy atom. The molecule has 1 atom stereocenters. The average Bonchev–Trinajstić information content (AvgIpc) is 2.22. The van der Waals surface area contributed by atoms with E-state index in [0.717, 1.165) is 10.9 Å². The molecule has 0 bridgehead atoms.